The molecule has 2 aliphatic rings. The molecule has 144 valence electrons. The number of pyridine rings is 1. The van der Waals surface area contributed by atoms with Crippen LogP contribution in [0, 0.1) is 5.92 Å². The summed E-state index contributed by atoms with van der Waals surface area (Å²) in [4.78, 5) is 19.7. The minimum atomic E-state index is -0.258. The van der Waals surface area contributed by atoms with Crippen LogP contribution in [-0.2, 0) is 9.53 Å². The molecule has 2 aromatic heterocycles. The number of anilines is 2. The first-order valence-corrected chi connectivity index (χ1v) is 9.80. The maximum absolute atomic E-state index is 12.9. The molecule has 1 N–H and O–H groups in total. The normalized spacial score (nSPS) is 22.6. The zero-order chi connectivity index (χ0) is 18.8. The van der Waals surface area contributed by atoms with Crippen molar-refractivity contribution in [3.05, 3.63) is 36.3 Å². The zero-order valence-electron chi connectivity index (χ0n) is 16.0. The fourth-order valence-corrected chi connectivity index (χ4v) is 3.96. The predicted molar refractivity (Wildman–Crippen MR) is 104 cm³/mol. The summed E-state index contributed by atoms with van der Waals surface area (Å²) in [5.41, 5.74) is 1.69. The van der Waals surface area contributed by atoms with Crippen molar-refractivity contribution in [2.24, 2.45) is 5.92 Å². The molecule has 7 heteroatoms. The quantitative estimate of drug-likeness (QED) is 0.876. The number of ether oxygens (including phenoxy) is 1. The maximum atomic E-state index is 12.9. The van der Waals surface area contributed by atoms with E-state index in [4.69, 9.17) is 4.74 Å². The minimum absolute atomic E-state index is 0.0234. The van der Waals surface area contributed by atoms with Crippen LogP contribution in [0.5, 0.6) is 0 Å². The molecule has 0 unspecified atom stereocenters. The monoisotopic (exact) mass is 369 g/mol. The Hall–Kier alpha value is -2.41. The summed E-state index contributed by atoms with van der Waals surface area (Å²) in [6.45, 7) is 6.85. The number of rotatable bonds is 5. The van der Waals surface area contributed by atoms with Crippen LogP contribution < -0.4 is 10.2 Å². The van der Waals surface area contributed by atoms with E-state index in [-0.39, 0.29) is 24.0 Å². The molecule has 0 saturated carbocycles. The molecule has 2 fully saturated rings. The van der Waals surface area contributed by atoms with Gasteiger partial charge in [0.2, 0.25) is 5.91 Å². The Labute approximate surface area is 159 Å². The van der Waals surface area contributed by atoms with Gasteiger partial charge in [-0.15, -0.1) is 0 Å². The molecule has 0 bridgehead atoms. The van der Waals surface area contributed by atoms with Gasteiger partial charge in [-0.05, 0) is 51.3 Å². The van der Waals surface area contributed by atoms with Crippen LogP contribution in [0.1, 0.15) is 50.9 Å². The van der Waals surface area contributed by atoms with Crippen LogP contribution in [0.15, 0.2) is 30.6 Å². The largest absolute Gasteiger partial charge is 0.371 e. The molecule has 27 heavy (non-hydrogen) atoms. The first kappa shape index (κ1) is 18.0. The van der Waals surface area contributed by atoms with Gasteiger partial charge in [0.25, 0.3) is 0 Å². The average molecular weight is 369 g/mol. The van der Waals surface area contributed by atoms with E-state index in [1.54, 1.807) is 12.4 Å². The molecule has 0 spiro atoms. The van der Waals surface area contributed by atoms with Crippen LogP contribution in [0.4, 0.5) is 11.5 Å². The van der Waals surface area contributed by atoms with Crippen molar-refractivity contribution >= 4 is 17.4 Å². The van der Waals surface area contributed by atoms with E-state index in [0.29, 0.717) is 13.0 Å². The molecular weight excluding hydrogens is 342 g/mol. The first-order chi connectivity index (χ1) is 13.1. The van der Waals surface area contributed by atoms with Gasteiger partial charge in [0.1, 0.15) is 11.9 Å². The van der Waals surface area contributed by atoms with Gasteiger partial charge in [-0.1, -0.05) is 0 Å². The zero-order valence-corrected chi connectivity index (χ0v) is 16.0. The Bertz CT molecular complexity index is 780. The van der Waals surface area contributed by atoms with E-state index in [0.717, 1.165) is 30.3 Å². The van der Waals surface area contributed by atoms with Crippen LogP contribution >= 0.6 is 0 Å². The lowest BCUT2D eigenvalue weighted by Crippen LogP contribution is -2.27. The first-order valence-electron chi connectivity index (χ1n) is 9.80. The number of nitrogens with zero attached hydrogens (tertiary/aromatic N) is 4. The summed E-state index contributed by atoms with van der Waals surface area (Å²) in [5.74, 6) is 0.732. The highest BCUT2D eigenvalue weighted by molar-refractivity contribution is 5.93. The molecule has 0 aromatic carbocycles. The molecule has 4 rings (SSSR count). The summed E-state index contributed by atoms with van der Waals surface area (Å²) < 4.78 is 7.84. The molecule has 1 amide bonds. The Morgan fingerprint density at radius 3 is 2.78 bits per heavy atom. The van der Waals surface area contributed by atoms with Crippen molar-refractivity contribution < 1.29 is 9.53 Å². The molecule has 2 aromatic rings. The van der Waals surface area contributed by atoms with Crippen LogP contribution in [0.3, 0.4) is 0 Å². The standard InChI is InChI=1S/C20H27N5O2/c1-14(2)25-17(7-9-22-25)19-16(8-12-27-19)20(26)23-15-5-6-18(21-13-15)24-10-3-4-11-24/h5-7,9,13-14,16,19H,3-4,8,10-12H2,1-2H3,(H,23,26)/t16-,19-/m0/s1. The molecule has 2 atom stereocenters. The van der Waals surface area contributed by atoms with E-state index in [2.05, 4.69) is 34.1 Å². The lowest BCUT2D eigenvalue weighted by Gasteiger charge is -2.21. The van der Waals surface area contributed by atoms with Gasteiger partial charge < -0.3 is 15.0 Å². The summed E-state index contributed by atoms with van der Waals surface area (Å²) in [6.07, 6.45) is 6.40. The molecule has 2 saturated heterocycles. The number of aromatic nitrogens is 3. The smallest absolute Gasteiger partial charge is 0.230 e. The van der Waals surface area contributed by atoms with Crippen LogP contribution in [0.2, 0.25) is 0 Å². The maximum Gasteiger partial charge on any atom is 0.230 e. The SMILES string of the molecule is CC(C)n1nccc1[C@H]1OCC[C@@H]1C(=O)Nc1ccc(N2CCCC2)nc1. The van der Waals surface area contributed by atoms with Crippen molar-refractivity contribution in [1.82, 2.24) is 14.8 Å². The predicted octanol–water partition coefficient (Wildman–Crippen LogP) is 3.18. The highest BCUT2D eigenvalue weighted by atomic mass is 16.5. The highest BCUT2D eigenvalue weighted by Gasteiger charge is 2.37. The summed E-state index contributed by atoms with van der Waals surface area (Å²) in [5, 5.41) is 7.39. The molecular formula is C20H27N5O2. The second kappa shape index (κ2) is 7.68. The van der Waals surface area contributed by atoms with E-state index >= 15 is 0 Å². The van der Waals surface area contributed by atoms with Gasteiger partial charge >= 0.3 is 0 Å². The second-order valence-electron chi connectivity index (χ2n) is 7.57. The third-order valence-corrected chi connectivity index (χ3v) is 5.36. The van der Waals surface area contributed by atoms with Gasteiger partial charge in [-0.25, -0.2) is 4.98 Å². The molecule has 7 nitrogen and oxygen atoms in total. The highest BCUT2D eigenvalue weighted by Crippen LogP contribution is 2.36. The fourth-order valence-electron chi connectivity index (χ4n) is 3.96. The lowest BCUT2D eigenvalue weighted by molar-refractivity contribution is -0.121. The van der Waals surface area contributed by atoms with E-state index < -0.39 is 0 Å². The summed E-state index contributed by atoms with van der Waals surface area (Å²) >= 11 is 0. The summed E-state index contributed by atoms with van der Waals surface area (Å²) in [7, 11) is 0. The van der Waals surface area contributed by atoms with Gasteiger partial charge in [-0.3, -0.25) is 9.48 Å². The van der Waals surface area contributed by atoms with Crippen molar-refractivity contribution in [2.75, 3.05) is 29.9 Å². The van der Waals surface area contributed by atoms with Crippen molar-refractivity contribution in [2.45, 2.75) is 45.3 Å². The Kier molecular flexibility index (Phi) is 5.11. The van der Waals surface area contributed by atoms with Crippen LogP contribution in [0.25, 0.3) is 0 Å². The lowest BCUT2D eigenvalue weighted by atomic mass is 9.97. The van der Waals surface area contributed by atoms with Gasteiger partial charge in [0.15, 0.2) is 0 Å². The average Bonchev–Trinajstić information content (AvgIpc) is 3.41. The molecule has 0 radical (unpaired) electrons. The fraction of sp³-hybridized carbons (Fsp3) is 0.550. The Morgan fingerprint density at radius 2 is 2.07 bits per heavy atom. The number of nitrogens with one attached hydrogen (secondary N) is 1. The molecule has 4 heterocycles. The Balaban J connectivity index is 1.44. The van der Waals surface area contributed by atoms with Crippen molar-refractivity contribution in [3.8, 4) is 0 Å². The van der Waals surface area contributed by atoms with Crippen molar-refractivity contribution in [3.63, 3.8) is 0 Å². The van der Waals surface area contributed by atoms with E-state index in [1.807, 2.05) is 22.9 Å². The number of hydrogen-bond acceptors (Lipinski definition) is 5. The van der Waals surface area contributed by atoms with E-state index in [1.165, 1.54) is 12.8 Å². The Morgan fingerprint density at radius 1 is 1.26 bits per heavy atom. The number of carbonyl (C=O) groups excluding carboxylic acids is 1. The topological polar surface area (TPSA) is 72.3 Å². The number of amides is 1. The third kappa shape index (κ3) is 3.69. The third-order valence-electron chi connectivity index (χ3n) is 5.36. The minimum Gasteiger partial charge on any atom is -0.371 e. The van der Waals surface area contributed by atoms with Crippen LogP contribution in [-0.4, -0.2) is 40.4 Å². The number of hydrogen-bond donors (Lipinski definition) is 1. The van der Waals surface area contributed by atoms with Gasteiger partial charge in [0, 0.05) is 31.9 Å². The summed E-state index contributed by atoms with van der Waals surface area (Å²) in [6, 6.07) is 6.09. The van der Waals surface area contributed by atoms with Gasteiger partial charge in [0.05, 0.1) is 23.5 Å². The second-order valence-corrected chi connectivity index (χ2v) is 7.57. The van der Waals surface area contributed by atoms with Crippen molar-refractivity contribution in [1.29, 1.82) is 0 Å². The number of carbonyl (C=O) groups is 1. The molecule has 2 aliphatic heterocycles. The molecule has 0 aliphatic carbocycles. The van der Waals surface area contributed by atoms with E-state index in [9.17, 15) is 4.79 Å². The van der Waals surface area contributed by atoms with Gasteiger partial charge in [-0.2, -0.15) is 5.10 Å².